The van der Waals surface area contributed by atoms with Crippen LogP contribution in [0.2, 0.25) is 0 Å². The number of ether oxygens (including phenoxy) is 3. The van der Waals surface area contributed by atoms with Crippen LogP contribution in [-0.4, -0.2) is 36.4 Å². The Morgan fingerprint density at radius 2 is 1.91 bits per heavy atom. The number of nitrogens with one attached hydrogen (secondary N) is 1. The lowest BCUT2D eigenvalue weighted by Gasteiger charge is -2.25. The number of amides is 1. The average molecular weight is 661 g/mol. The second-order valence-corrected chi connectivity index (χ2v) is 11.3. The van der Waals surface area contributed by atoms with E-state index in [2.05, 4.69) is 32.2 Å². The van der Waals surface area contributed by atoms with Crippen LogP contribution >= 0.6 is 27.3 Å². The number of methoxy groups -OCH3 is 2. The molecule has 4 aromatic rings. The number of aromatic nitrogens is 1. The minimum Gasteiger partial charge on any atom is -0.504 e. The number of carbonyl (C=O) groups is 1. The van der Waals surface area contributed by atoms with E-state index in [9.17, 15) is 14.7 Å². The molecule has 43 heavy (non-hydrogen) atoms. The van der Waals surface area contributed by atoms with E-state index in [1.807, 2.05) is 18.2 Å². The molecule has 11 heteroatoms. The molecule has 0 radical (unpaired) electrons. The molecular formula is C32H26BrN3O6S. The van der Waals surface area contributed by atoms with Gasteiger partial charge in [-0.3, -0.25) is 14.2 Å². The molecule has 1 amide bonds. The highest BCUT2D eigenvalue weighted by molar-refractivity contribution is 9.10. The zero-order valence-corrected chi connectivity index (χ0v) is 25.8. The van der Waals surface area contributed by atoms with Gasteiger partial charge in [0, 0.05) is 15.7 Å². The fraction of sp³-hybridized carbons (Fsp3) is 0.156. The van der Waals surface area contributed by atoms with E-state index < -0.39 is 11.9 Å². The van der Waals surface area contributed by atoms with Crippen LogP contribution in [0.15, 0.2) is 86.2 Å². The number of halogens is 1. The number of hydrogen-bond acceptors (Lipinski definition) is 8. The number of fused-ring (bicyclic) bond motifs is 1. The van der Waals surface area contributed by atoms with Crippen molar-refractivity contribution in [2.24, 2.45) is 4.99 Å². The number of benzene rings is 3. The predicted molar refractivity (Wildman–Crippen MR) is 169 cm³/mol. The maximum Gasteiger partial charge on any atom is 0.271 e. The quantitative estimate of drug-likeness (QED) is 0.272. The van der Waals surface area contributed by atoms with Gasteiger partial charge in [0.25, 0.3) is 11.5 Å². The van der Waals surface area contributed by atoms with Gasteiger partial charge in [0.2, 0.25) is 0 Å². The van der Waals surface area contributed by atoms with Gasteiger partial charge in [0.05, 0.1) is 36.1 Å². The van der Waals surface area contributed by atoms with Gasteiger partial charge in [0.15, 0.2) is 27.8 Å². The number of thiazole rings is 1. The molecule has 0 aliphatic carbocycles. The molecule has 1 aromatic heterocycles. The van der Waals surface area contributed by atoms with Crippen LogP contribution in [0.5, 0.6) is 23.0 Å². The molecule has 1 atom stereocenters. The first-order chi connectivity index (χ1) is 20.7. The highest BCUT2D eigenvalue weighted by Crippen LogP contribution is 2.37. The summed E-state index contributed by atoms with van der Waals surface area (Å²) < 4.78 is 19.2. The molecule has 1 aliphatic heterocycles. The molecule has 2 N–H and O–H groups in total. The Balaban J connectivity index is 1.72. The minimum atomic E-state index is -0.870. The molecule has 9 nitrogen and oxygen atoms in total. The summed E-state index contributed by atoms with van der Waals surface area (Å²) in [5, 5.41) is 13.2. The molecule has 0 fully saturated rings. The minimum absolute atomic E-state index is 0.00183. The molecule has 218 valence electrons. The lowest BCUT2D eigenvalue weighted by Crippen LogP contribution is -2.40. The summed E-state index contributed by atoms with van der Waals surface area (Å²) >= 11 is 4.66. The van der Waals surface area contributed by atoms with Gasteiger partial charge in [-0.2, -0.15) is 0 Å². The van der Waals surface area contributed by atoms with Gasteiger partial charge in [-0.05, 0) is 55.0 Å². The normalized spacial score (nSPS) is 14.4. The van der Waals surface area contributed by atoms with Crippen molar-refractivity contribution in [2.45, 2.75) is 13.0 Å². The number of rotatable bonds is 8. The fourth-order valence-electron chi connectivity index (χ4n) is 4.77. The molecule has 0 spiro atoms. The van der Waals surface area contributed by atoms with Crippen molar-refractivity contribution in [1.29, 1.82) is 0 Å². The molecule has 3 aromatic carbocycles. The predicted octanol–water partition coefficient (Wildman–Crippen LogP) is 4.37. The van der Waals surface area contributed by atoms with Crippen LogP contribution in [-0.2, 0) is 4.79 Å². The maximum atomic E-state index is 14.2. The van der Waals surface area contributed by atoms with E-state index in [4.69, 9.17) is 20.6 Å². The van der Waals surface area contributed by atoms with Gasteiger partial charge >= 0.3 is 0 Å². The first-order valence-electron chi connectivity index (χ1n) is 12.9. The van der Waals surface area contributed by atoms with Crippen LogP contribution in [0.1, 0.15) is 24.1 Å². The molecule has 0 saturated heterocycles. The van der Waals surface area contributed by atoms with E-state index in [-0.39, 0.29) is 29.2 Å². The van der Waals surface area contributed by atoms with E-state index in [0.29, 0.717) is 47.8 Å². The van der Waals surface area contributed by atoms with Gasteiger partial charge in [0.1, 0.15) is 6.61 Å². The Morgan fingerprint density at radius 3 is 2.60 bits per heavy atom. The van der Waals surface area contributed by atoms with E-state index in [1.54, 1.807) is 49.4 Å². The van der Waals surface area contributed by atoms with Crippen molar-refractivity contribution in [1.82, 2.24) is 4.57 Å². The second-order valence-electron chi connectivity index (χ2n) is 9.35. The Bertz CT molecular complexity index is 1970. The molecule has 0 saturated carbocycles. The summed E-state index contributed by atoms with van der Waals surface area (Å²) in [6.07, 6.45) is 7.11. The molecule has 5 rings (SSSR count). The zero-order valence-electron chi connectivity index (χ0n) is 23.4. The number of hydrogen-bond donors (Lipinski definition) is 2. The van der Waals surface area contributed by atoms with Crippen molar-refractivity contribution in [3.05, 3.63) is 107 Å². The Kier molecular flexibility index (Phi) is 8.71. The summed E-state index contributed by atoms with van der Waals surface area (Å²) in [7, 11) is 2.94. The zero-order chi connectivity index (χ0) is 30.7. The number of para-hydroxylation sites is 1. The smallest absolute Gasteiger partial charge is 0.271 e. The van der Waals surface area contributed by atoms with Crippen LogP contribution < -0.4 is 34.4 Å². The molecular weight excluding hydrogens is 634 g/mol. The number of carbonyl (C=O) groups excluding carboxylic acids is 1. The Hall–Kier alpha value is -4.79. The van der Waals surface area contributed by atoms with Gasteiger partial charge < -0.3 is 24.6 Å². The van der Waals surface area contributed by atoms with Crippen LogP contribution in [0, 0.1) is 12.3 Å². The largest absolute Gasteiger partial charge is 0.504 e. The van der Waals surface area contributed by atoms with Crippen molar-refractivity contribution >= 4 is 44.9 Å². The Morgan fingerprint density at radius 1 is 1.16 bits per heavy atom. The topological polar surface area (TPSA) is 111 Å². The number of anilines is 1. The van der Waals surface area contributed by atoms with Crippen LogP contribution in [0.3, 0.4) is 0 Å². The maximum absolute atomic E-state index is 14.2. The second kappa shape index (κ2) is 12.6. The molecule has 0 bridgehead atoms. The number of nitrogens with zero attached hydrogens (tertiary/aromatic N) is 2. The standard InChI is InChI=1S/C32H26BrN3O6S/c1-5-13-42-29-20(14-21(33)17-25(29)41-4)16-26-31(39)36-28(19-11-12-23(37)24(15-19)40-3)27(18(2)34-32(36)43-26)30(38)35-22-9-7-6-8-10-22/h1,6-12,14-17,28,37H,13H2,2-4H3,(H,35,38)/b26-16-/t28-/m0/s1. The van der Waals surface area contributed by atoms with Crippen LogP contribution in [0.4, 0.5) is 5.69 Å². The van der Waals surface area contributed by atoms with Gasteiger partial charge in [-0.1, -0.05) is 57.5 Å². The number of terminal acetylenes is 1. The van der Waals surface area contributed by atoms with Crippen molar-refractivity contribution in [3.8, 4) is 35.3 Å². The first-order valence-corrected chi connectivity index (χ1v) is 14.6. The lowest BCUT2D eigenvalue weighted by molar-refractivity contribution is -0.113. The molecule has 0 unspecified atom stereocenters. The number of phenols is 1. The van der Waals surface area contributed by atoms with E-state index in [1.165, 1.54) is 36.2 Å². The SMILES string of the molecule is C#CCOc1c(/C=c2\sc3n(c2=O)[C@@H](c2ccc(O)c(OC)c2)C(C(=O)Nc2ccccc2)=C(C)N=3)cc(Br)cc1OC. The van der Waals surface area contributed by atoms with Crippen molar-refractivity contribution in [2.75, 3.05) is 26.1 Å². The number of phenolic OH excluding ortho intramolecular Hbond substituents is 1. The first kappa shape index (κ1) is 29.7. The summed E-state index contributed by atoms with van der Waals surface area (Å²) in [5.74, 6) is 2.98. The number of allylic oxidation sites excluding steroid dienone is 1. The third-order valence-corrected chi connectivity index (χ3v) is 8.11. The monoisotopic (exact) mass is 659 g/mol. The summed E-state index contributed by atoms with van der Waals surface area (Å²) in [6.45, 7) is 1.73. The third kappa shape index (κ3) is 5.93. The van der Waals surface area contributed by atoms with Crippen LogP contribution in [0.25, 0.3) is 6.08 Å². The highest BCUT2D eigenvalue weighted by atomic mass is 79.9. The lowest BCUT2D eigenvalue weighted by atomic mass is 9.94. The van der Waals surface area contributed by atoms with E-state index in [0.717, 1.165) is 0 Å². The van der Waals surface area contributed by atoms with Gasteiger partial charge in [-0.15, -0.1) is 6.42 Å². The van der Waals surface area contributed by atoms with Crippen molar-refractivity contribution < 1.29 is 24.1 Å². The highest BCUT2D eigenvalue weighted by Gasteiger charge is 2.33. The summed E-state index contributed by atoms with van der Waals surface area (Å²) in [4.78, 5) is 33.0. The van der Waals surface area contributed by atoms with E-state index >= 15 is 0 Å². The van der Waals surface area contributed by atoms with Gasteiger partial charge in [-0.25, -0.2) is 4.99 Å². The molecule has 2 heterocycles. The molecule has 1 aliphatic rings. The fourth-order valence-corrected chi connectivity index (χ4v) is 6.26. The number of aromatic hydroxyl groups is 1. The summed E-state index contributed by atoms with van der Waals surface area (Å²) in [6, 6.07) is 16.4. The third-order valence-electron chi connectivity index (χ3n) is 6.67. The Labute approximate surface area is 259 Å². The van der Waals surface area contributed by atoms with Crippen molar-refractivity contribution in [3.63, 3.8) is 0 Å². The average Bonchev–Trinajstić information content (AvgIpc) is 3.30. The summed E-state index contributed by atoms with van der Waals surface area (Å²) in [5.41, 5.74) is 2.05.